The lowest BCUT2D eigenvalue weighted by Crippen LogP contribution is -2.05. The van der Waals surface area contributed by atoms with Crippen LogP contribution in [0.1, 0.15) is 55.4 Å². The predicted octanol–water partition coefficient (Wildman–Crippen LogP) is 7.71. The molecule has 0 heterocycles. The highest BCUT2D eigenvalue weighted by Gasteiger charge is 2.60. The van der Waals surface area contributed by atoms with Crippen LogP contribution >= 0.6 is 0 Å². The maximum atomic E-state index is 11.4. The summed E-state index contributed by atoms with van der Waals surface area (Å²) in [5.74, 6) is 1.06. The zero-order chi connectivity index (χ0) is 26.0. The largest absolute Gasteiger partial charge is 0.493 e. The van der Waals surface area contributed by atoms with Crippen molar-refractivity contribution in [2.75, 3.05) is 6.61 Å². The number of allylic oxidation sites excluding steroid dienone is 4. The van der Waals surface area contributed by atoms with Gasteiger partial charge < -0.3 is 14.6 Å². The van der Waals surface area contributed by atoms with E-state index in [1.54, 1.807) is 0 Å². The third-order valence-electron chi connectivity index (χ3n) is 7.73. The second-order valence-electron chi connectivity index (χ2n) is 10.1. The first kappa shape index (κ1) is 25.8. The van der Waals surface area contributed by atoms with Crippen molar-refractivity contribution in [1.82, 2.24) is 0 Å². The van der Waals surface area contributed by atoms with Crippen molar-refractivity contribution in [2.45, 2.75) is 60.5 Å². The van der Waals surface area contributed by atoms with E-state index in [1.807, 2.05) is 19.1 Å². The normalized spacial score (nSPS) is 22.5. The summed E-state index contributed by atoms with van der Waals surface area (Å²) in [4.78, 5) is 11.4. The lowest BCUT2D eigenvalue weighted by Gasteiger charge is -2.18. The minimum absolute atomic E-state index is 0.154. The van der Waals surface area contributed by atoms with E-state index in [2.05, 4.69) is 64.6 Å². The molecule has 0 spiro atoms. The van der Waals surface area contributed by atoms with Gasteiger partial charge in [0, 0.05) is 5.92 Å². The summed E-state index contributed by atoms with van der Waals surface area (Å²) in [5, 5.41) is 9.37. The second-order valence-corrected chi connectivity index (χ2v) is 10.1. The van der Waals surface area contributed by atoms with E-state index in [0.29, 0.717) is 12.4 Å². The third kappa shape index (κ3) is 5.13. The number of carbonyl (C=O) groups is 1. The van der Waals surface area contributed by atoms with E-state index >= 15 is 0 Å². The van der Waals surface area contributed by atoms with E-state index in [1.165, 1.54) is 27.8 Å². The molecule has 0 aliphatic heterocycles. The van der Waals surface area contributed by atoms with Gasteiger partial charge in [-0.05, 0) is 109 Å². The van der Waals surface area contributed by atoms with E-state index in [0.717, 1.165) is 48.3 Å². The summed E-state index contributed by atoms with van der Waals surface area (Å²) < 4.78 is 12.1. The Bertz CT molecular complexity index is 1230. The van der Waals surface area contributed by atoms with Gasteiger partial charge in [0.1, 0.15) is 18.1 Å². The van der Waals surface area contributed by atoms with Gasteiger partial charge in [-0.25, -0.2) is 0 Å². The van der Waals surface area contributed by atoms with Crippen molar-refractivity contribution in [3.63, 3.8) is 0 Å². The standard InChI is InChI=1S/C32H38O4/c1-7-9-13-35-28-14-19(3)29(22(6)21(28)5)24-12-10-11-23(16-24)18-36-20(4)15-25-17-27-30(26(25)8-2)31(27)32(33)34/h8,10-12,14-16,27,30-31H,4,7,9,13,17-18H2,1-3,5-6H3,(H,33,34)/b25-15-,26-8+. The van der Waals surface area contributed by atoms with Crippen molar-refractivity contribution in [1.29, 1.82) is 0 Å². The smallest absolute Gasteiger partial charge is 0.307 e. The lowest BCUT2D eigenvalue weighted by molar-refractivity contribution is -0.139. The average Bonchev–Trinajstić information content (AvgIpc) is 3.44. The molecule has 0 aromatic heterocycles. The molecule has 4 rings (SSSR count). The summed E-state index contributed by atoms with van der Waals surface area (Å²) in [5.41, 5.74) is 9.43. The van der Waals surface area contributed by atoms with E-state index in [-0.39, 0.29) is 17.8 Å². The molecule has 2 fully saturated rings. The van der Waals surface area contributed by atoms with Gasteiger partial charge in [-0.15, -0.1) is 0 Å². The van der Waals surface area contributed by atoms with Crippen LogP contribution in [0.15, 0.2) is 66.0 Å². The number of ether oxygens (including phenoxy) is 2. The molecule has 1 N–H and O–H groups in total. The Hall–Kier alpha value is -3.27. The molecule has 0 bridgehead atoms. The maximum absolute atomic E-state index is 11.4. The monoisotopic (exact) mass is 486 g/mol. The highest BCUT2D eigenvalue weighted by Crippen LogP contribution is 2.62. The Labute approximate surface area is 215 Å². The van der Waals surface area contributed by atoms with Crippen LogP contribution in [-0.4, -0.2) is 17.7 Å². The predicted molar refractivity (Wildman–Crippen MR) is 145 cm³/mol. The number of aliphatic carboxylic acids is 1. The minimum atomic E-state index is -0.683. The van der Waals surface area contributed by atoms with E-state index in [9.17, 15) is 9.90 Å². The van der Waals surface area contributed by atoms with E-state index < -0.39 is 5.97 Å². The van der Waals surface area contributed by atoms with Crippen molar-refractivity contribution in [3.8, 4) is 16.9 Å². The molecule has 2 aliphatic rings. The number of hydrogen-bond acceptors (Lipinski definition) is 3. The van der Waals surface area contributed by atoms with E-state index in [4.69, 9.17) is 9.47 Å². The SMILES string of the molecule is C=C(/C=C1/CC2C(C(=O)O)C2/C1=C/C)OCc1cccc(-c2c(C)cc(OCCCC)c(C)c2C)c1. The zero-order valence-electron chi connectivity index (χ0n) is 22.2. The van der Waals surface area contributed by atoms with Gasteiger partial charge in [0.25, 0.3) is 0 Å². The molecule has 0 radical (unpaired) electrons. The number of fused-ring (bicyclic) bond motifs is 1. The molecule has 4 nitrogen and oxygen atoms in total. The summed E-state index contributed by atoms with van der Waals surface area (Å²) >= 11 is 0. The quantitative estimate of drug-likeness (QED) is 0.276. The summed E-state index contributed by atoms with van der Waals surface area (Å²) in [6, 6.07) is 10.6. The van der Waals surface area contributed by atoms with Gasteiger partial charge in [0.05, 0.1) is 12.5 Å². The Kier molecular flexibility index (Phi) is 7.73. The molecule has 2 aromatic carbocycles. The number of aryl methyl sites for hydroxylation is 1. The number of unbranched alkanes of at least 4 members (excludes halogenated alkanes) is 1. The van der Waals surface area contributed by atoms with Crippen LogP contribution in [0, 0.1) is 38.5 Å². The van der Waals surface area contributed by atoms with Gasteiger partial charge in [0.2, 0.25) is 0 Å². The van der Waals surface area contributed by atoms with Crippen molar-refractivity contribution < 1.29 is 19.4 Å². The van der Waals surface area contributed by atoms with Gasteiger partial charge in [-0.3, -0.25) is 4.79 Å². The minimum Gasteiger partial charge on any atom is -0.493 e. The van der Waals surface area contributed by atoms with Crippen molar-refractivity contribution >= 4 is 5.97 Å². The molecule has 2 saturated carbocycles. The fourth-order valence-electron chi connectivity index (χ4n) is 5.69. The van der Waals surface area contributed by atoms with Crippen molar-refractivity contribution in [2.24, 2.45) is 17.8 Å². The number of rotatable bonds is 10. The first-order valence-electron chi connectivity index (χ1n) is 13.0. The first-order valence-corrected chi connectivity index (χ1v) is 13.0. The third-order valence-corrected chi connectivity index (χ3v) is 7.73. The van der Waals surface area contributed by atoms with Crippen molar-refractivity contribution in [3.05, 3.63) is 88.2 Å². The fraction of sp³-hybridized carbons (Fsp3) is 0.406. The molecular formula is C32H38O4. The van der Waals surface area contributed by atoms with Crippen LogP contribution in [0.4, 0.5) is 0 Å². The first-order chi connectivity index (χ1) is 17.3. The Morgan fingerprint density at radius 3 is 2.67 bits per heavy atom. The number of carboxylic acid groups (broad SMARTS) is 1. The molecule has 0 saturated heterocycles. The molecule has 0 amide bonds. The molecule has 3 atom stereocenters. The molecule has 2 aromatic rings. The highest BCUT2D eigenvalue weighted by molar-refractivity contribution is 5.77. The molecule has 2 aliphatic carbocycles. The molecule has 3 unspecified atom stereocenters. The average molecular weight is 487 g/mol. The van der Waals surface area contributed by atoms with Gasteiger partial charge >= 0.3 is 5.97 Å². The lowest BCUT2D eigenvalue weighted by atomic mass is 9.91. The Morgan fingerprint density at radius 2 is 1.97 bits per heavy atom. The number of benzene rings is 2. The zero-order valence-corrected chi connectivity index (χ0v) is 22.2. The molecule has 4 heteroatoms. The Morgan fingerprint density at radius 1 is 1.19 bits per heavy atom. The Balaban J connectivity index is 1.44. The van der Waals surface area contributed by atoms with Crippen LogP contribution in [0.2, 0.25) is 0 Å². The highest BCUT2D eigenvalue weighted by atomic mass is 16.5. The number of carboxylic acids is 1. The van der Waals surface area contributed by atoms with Crippen LogP contribution in [0.5, 0.6) is 5.75 Å². The molecule has 190 valence electrons. The molecular weight excluding hydrogens is 448 g/mol. The second kappa shape index (κ2) is 10.8. The summed E-state index contributed by atoms with van der Waals surface area (Å²) in [6.07, 6.45) is 7.00. The van der Waals surface area contributed by atoms with Crippen LogP contribution in [0.25, 0.3) is 11.1 Å². The topological polar surface area (TPSA) is 55.8 Å². The summed E-state index contributed by atoms with van der Waals surface area (Å²) in [7, 11) is 0. The fourth-order valence-corrected chi connectivity index (χ4v) is 5.69. The van der Waals surface area contributed by atoms with Crippen LogP contribution in [-0.2, 0) is 16.1 Å². The van der Waals surface area contributed by atoms with Crippen LogP contribution in [0.3, 0.4) is 0 Å². The van der Waals surface area contributed by atoms with Crippen LogP contribution < -0.4 is 4.74 Å². The maximum Gasteiger partial charge on any atom is 0.307 e. The van der Waals surface area contributed by atoms with Gasteiger partial charge in [0.15, 0.2) is 0 Å². The van der Waals surface area contributed by atoms with Gasteiger partial charge in [-0.2, -0.15) is 0 Å². The summed E-state index contributed by atoms with van der Waals surface area (Å²) in [6.45, 7) is 15.9. The number of hydrogen-bond donors (Lipinski definition) is 1. The molecule has 36 heavy (non-hydrogen) atoms. The van der Waals surface area contributed by atoms with Gasteiger partial charge in [-0.1, -0.05) is 44.2 Å².